The third-order valence-electron chi connectivity index (χ3n) is 3.80. The molecule has 0 spiro atoms. The number of aryl methyl sites for hydroxylation is 1. The van der Waals surface area contributed by atoms with Gasteiger partial charge in [-0.2, -0.15) is 18.2 Å². The maximum absolute atomic E-state index is 12.8. The minimum atomic E-state index is -4.45. The minimum absolute atomic E-state index is 0.0654. The third-order valence-corrected chi connectivity index (χ3v) is 4.66. The first-order valence-electron chi connectivity index (χ1n) is 8.00. The van der Waals surface area contributed by atoms with Crippen molar-refractivity contribution in [3.05, 3.63) is 57.3 Å². The smallest absolute Gasteiger partial charge is 0.338 e. The van der Waals surface area contributed by atoms with Crippen molar-refractivity contribution in [2.24, 2.45) is 0 Å². The second-order valence-corrected chi connectivity index (χ2v) is 6.63. The van der Waals surface area contributed by atoms with Crippen LogP contribution in [0.3, 0.4) is 0 Å². The minimum Gasteiger partial charge on any atom is -0.338 e. The lowest BCUT2D eigenvalue weighted by molar-refractivity contribution is -0.137. The Labute approximate surface area is 156 Å². The molecule has 2 heterocycles. The lowest BCUT2D eigenvalue weighted by atomic mass is 10.1. The number of alkyl halides is 3. The largest absolute Gasteiger partial charge is 0.416 e. The molecular formula is C17H15F3N4O2S. The summed E-state index contributed by atoms with van der Waals surface area (Å²) in [6, 6.07) is 4.71. The van der Waals surface area contributed by atoms with E-state index >= 15 is 0 Å². The molecule has 0 aliphatic heterocycles. The van der Waals surface area contributed by atoms with Crippen LogP contribution in [0.2, 0.25) is 0 Å². The molecule has 2 aromatic heterocycles. The molecule has 6 nitrogen and oxygen atoms in total. The van der Waals surface area contributed by atoms with Crippen molar-refractivity contribution in [2.45, 2.75) is 37.4 Å². The molecule has 142 valence electrons. The highest BCUT2D eigenvalue weighted by molar-refractivity contribution is 7.98. The fourth-order valence-corrected chi connectivity index (χ4v) is 3.21. The summed E-state index contributed by atoms with van der Waals surface area (Å²) in [5, 5.41) is 4.14. The molecule has 0 saturated carbocycles. The van der Waals surface area contributed by atoms with Crippen LogP contribution in [0.15, 0.2) is 38.7 Å². The van der Waals surface area contributed by atoms with Crippen molar-refractivity contribution >= 4 is 11.8 Å². The molecule has 0 radical (unpaired) electrons. The van der Waals surface area contributed by atoms with Gasteiger partial charge in [0.2, 0.25) is 11.7 Å². The highest BCUT2D eigenvalue weighted by atomic mass is 32.2. The Kier molecular flexibility index (Phi) is 5.36. The summed E-state index contributed by atoms with van der Waals surface area (Å²) in [5.41, 5.74) is 0.513. The van der Waals surface area contributed by atoms with Gasteiger partial charge in [-0.15, -0.1) is 0 Å². The number of aromatic amines is 1. The summed E-state index contributed by atoms with van der Waals surface area (Å²) >= 11 is 1.19. The molecule has 0 atom stereocenters. The van der Waals surface area contributed by atoms with Crippen molar-refractivity contribution in [1.29, 1.82) is 0 Å². The molecule has 1 N–H and O–H groups in total. The zero-order valence-electron chi connectivity index (χ0n) is 14.4. The monoisotopic (exact) mass is 396 g/mol. The van der Waals surface area contributed by atoms with Crippen molar-refractivity contribution in [2.75, 3.05) is 0 Å². The van der Waals surface area contributed by atoms with E-state index < -0.39 is 11.7 Å². The molecule has 27 heavy (non-hydrogen) atoms. The molecule has 1 aromatic carbocycles. The van der Waals surface area contributed by atoms with Crippen molar-refractivity contribution in [3.8, 4) is 11.4 Å². The van der Waals surface area contributed by atoms with Crippen LogP contribution in [-0.4, -0.2) is 20.1 Å². The Balaban J connectivity index is 1.75. The lowest BCUT2D eigenvalue weighted by Gasteiger charge is -2.06. The van der Waals surface area contributed by atoms with Crippen molar-refractivity contribution < 1.29 is 17.7 Å². The van der Waals surface area contributed by atoms with E-state index in [9.17, 15) is 18.0 Å². The second kappa shape index (κ2) is 7.55. The fraction of sp³-hybridized carbons (Fsp3) is 0.294. The number of nitrogens with zero attached hydrogens (tertiary/aromatic N) is 3. The summed E-state index contributed by atoms with van der Waals surface area (Å²) in [6.07, 6.45) is -3.86. The van der Waals surface area contributed by atoms with E-state index in [-0.39, 0.29) is 28.6 Å². The van der Waals surface area contributed by atoms with Gasteiger partial charge >= 0.3 is 6.18 Å². The van der Waals surface area contributed by atoms with Gasteiger partial charge in [-0.25, -0.2) is 4.98 Å². The van der Waals surface area contributed by atoms with Crippen LogP contribution in [0, 0.1) is 6.92 Å². The van der Waals surface area contributed by atoms with Gasteiger partial charge in [-0.3, -0.25) is 4.79 Å². The van der Waals surface area contributed by atoms with Gasteiger partial charge in [-0.1, -0.05) is 36.0 Å². The van der Waals surface area contributed by atoms with Crippen LogP contribution in [0.5, 0.6) is 0 Å². The summed E-state index contributed by atoms with van der Waals surface area (Å²) in [7, 11) is 0. The first kappa shape index (κ1) is 19.2. The molecule has 10 heteroatoms. The lowest BCUT2D eigenvalue weighted by Crippen LogP contribution is -2.16. The van der Waals surface area contributed by atoms with Gasteiger partial charge in [0.15, 0.2) is 5.16 Å². The topological polar surface area (TPSA) is 84.7 Å². The van der Waals surface area contributed by atoms with Crippen molar-refractivity contribution in [1.82, 2.24) is 20.1 Å². The van der Waals surface area contributed by atoms with Gasteiger partial charge < -0.3 is 9.51 Å². The zero-order valence-corrected chi connectivity index (χ0v) is 15.2. The molecule has 0 saturated heterocycles. The van der Waals surface area contributed by atoms with E-state index in [2.05, 4.69) is 20.1 Å². The Bertz CT molecular complexity index is 1010. The quantitative estimate of drug-likeness (QED) is 0.518. The number of H-pyrrole nitrogens is 1. The SMILES string of the molecule is CCc1c(C)nc(SCc2nc(-c3cccc(C(F)(F)F)c3)no2)[nH]c1=O. The van der Waals surface area contributed by atoms with Gasteiger partial charge in [0.05, 0.1) is 11.3 Å². The van der Waals surface area contributed by atoms with Crippen LogP contribution in [0.25, 0.3) is 11.4 Å². The van der Waals surface area contributed by atoms with Crippen LogP contribution in [-0.2, 0) is 18.3 Å². The van der Waals surface area contributed by atoms with E-state index in [1.54, 1.807) is 6.92 Å². The van der Waals surface area contributed by atoms with Gasteiger partial charge in [-0.05, 0) is 25.5 Å². The van der Waals surface area contributed by atoms with Gasteiger partial charge in [0, 0.05) is 16.8 Å². The van der Waals surface area contributed by atoms with Gasteiger partial charge in [0.25, 0.3) is 5.56 Å². The Morgan fingerprint density at radius 1 is 1.26 bits per heavy atom. The summed E-state index contributed by atoms with van der Waals surface area (Å²) in [5.74, 6) is 0.503. The number of hydrogen-bond acceptors (Lipinski definition) is 6. The fourth-order valence-electron chi connectivity index (χ4n) is 2.46. The van der Waals surface area contributed by atoms with Crippen LogP contribution >= 0.6 is 11.8 Å². The predicted octanol–water partition coefficient (Wildman–Crippen LogP) is 4.00. The zero-order chi connectivity index (χ0) is 19.6. The highest BCUT2D eigenvalue weighted by Gasteiger charge is 2.30. The molecule has 0 amide bonds. The van der Waals surface area contributed by atoms with Crippen molar-refractivity contribution in [3.63, 3.8) is 0 Å². The molecule has 0 fully saturated rings. The predicted molar refractivity (Wildman–Crippen MR) is 93.3 cm³/mol. The maximum Gasteiger partial charge on any atom is 0.416 e. The molecular weight excluding hydrogens is 381 g/mol. The normalized spacial score (nSPS) is 11.7. The number of thioether (sulfide) groups is 1. The second-order valence-electron chi connectivity index (χ2n) is 5.67. The molecule has 0 unspecified atom stereocenters. The van der Waals surface area contributed by atoms with E-state index in [1.807, 2.05) is 6.92 Å². The third kappa shape index (κ3) is 4.38. The van der Waals surface area contributed by atoms with E-state index in [0.29, 0.717) is 22.8 Å². The first-order chi connectivity index (χ1) is 12.8. The van der Waals surface area contributed by atoms with E-state index in [4.69, 9.17) is 4.52 Å². The molecule has 0 aliphatic carbocycles. The standard InChI is InChI=1S/C17H15F3N4O2S/c1-3-12-9(2)21-16(23-15(12)25)27-8-13-22-14(24-26-13)10-5-4-6-11(7-10)17(18,19)20/h4-7H,3,8H2,1-2H3,(H,21,23,25). The van der Waals surface area contributed by atoms with Crippen LogP contribution < -0.4 is 5.56 Å². The molecule has 0 bridgehead atoms. The number of halogens is 3. The molecule has 0 aliphatic rings. The van der Waals surface area contributed by atoms with Crippen LogP contribution in [0.4, 0.5) is 13.2 Å². The maximum atomic E-state index is 12.8. The highest BCUT2D eigenvalue weighted by Crippen LogP contribution is 2.31. The number of nitrogens with one attached hydrogen (secondary N) is 1. The Morgan fingerprint density at radius 3 is 2.70 bits per heavy atom. The summed E-state index contributed by atoms with van der Waals surface area (Å²) < 4.78 is 43.5. The Hall–Kier alpha value is -2.62. The van der Waals surface area contributed by atoms with Gasteiger partial charge in [0.1, 0.15) is 0 Å². The first-order valence-corrected chi connectivity index (χ1v) is 8.99. The van der Waals surface area contributed by atoms with Crippen LogP contribution in [0.1, 0.15) is 29.6 Å². The molecule has 3 aromatic rings. The van der Waals surface area contributed by atoms with E-state index in [1.165, 1.54) is 23.9 Å². The number of aromatic nitrogens is 4. The number of rotatable bonds is 5. The van der Waals surface area contributed by atoms with E-state index in [0.717, 1.165) is 12.1 Å². The number of benzene rings is 1. The average Bonchev–Trinajstić information content (AvgIpc) is 3.08. The summed E-state index contributed by atoms with van der Waals surface area (Å²) in [4.78, 5) is 23.1. The average molecular weight is 396 g/mol. The summed E-state index contributed by atoms with van der Waals surface area (Å²) in [6.45, 7) is 3.64. The molecule has 3 rings (SSSR count). The number of hydrogen-bond donors (Lipinski definition) is 1. The Morgan fingerprint density at radius 2 is 2.04 bits per heavy atom.